The molecule has 2 N–H and O–H groups in total. The van der Waals surface area contributed by atoms with Gasteiger partial charge in [-0.15, -0.1) is 0 Å². The maximum absolute atomic E-state index is 9.91. The van der Waals surface area contributed by atoms with Crippen molar-refractivity contribution in [2.75, 3.05) is 0 Å². The molecule has 16 heavy (non-hydrogen) atoms. The van der Waals surface area contributed by atoms with Gasteiger partial charge in [-0.3, -0.25) is 0 Å². The van der Waals surface area contributed by atoms with Gasteiger partial charge in [0.25, 0.3) is 0 Å². The van der Waals surface area contributed by atoms with Crippen molar-refractivity contribution >= 4 is 8.32 Å². The van der Waals surface area contributed by atoms with Crippen molar-refractivity contribution < 1.29 is 14.6 Å². The fourth-order valence-electron chi connectivity index (χ4n) is 1.80. The van der Waals surface area contributed by atoms with Crippen LogP contribution >= 0.6 is 0 Å². The molecule has 0 bridgehead atoms. The van der Waals surface area contributed by atoms with Crippen LogP contribution in [0.25, 0.3) is 0 Å². The summed E-state index contributed by atoms with van der Waals surface area (Å²) in [5, 5.41) is 19.7. The summed E-state index contributed by atoms with van der Waals surface area (Å²) in [4.78, 5) is 0. The monoisotopic (exact) mass is 246 g/mol. The molecular formula is C12H26O3Si. The molecule has 0 aromatic heterocycles. The van der Waals surface area contributed by atoms with Gasteiger partial charge in [0.1, 0.15) is 6.10 Å². The van der Waals surface area contributed by atoms with Crippen LogP contribution in [-0.2, 0) is 4.43 Å². The smallest absolute Gasteiger partial charge is 0.192 e. The lowest BCUT2D eigenvalue weighted by Crippen LogP contribution is -2.51. The average molecular weight is 246 g/mol. The van der Waals surface area contributed by atoms with Crippen LogP contribution in [-0.4, -0.2) is 36.8 Å². The molecule has 1 saturated carbocycles. The van der Waals surface area contributed by atoms with Gasteiger partial charge in [0.05, 0.1) is 12.2 Å². The Hall–Kier alpha value is 0.0969. The van der Waals surface area contributed by atoms with Gasteiger partial charge in [-0.05, 0) is 37.4 Å². The maximum atomic E-state index is 9.91. The molecule has 1 rings (SSSR count). The topological polar surface area (TPSA) is 49.7 Å². The fraction of sp³-hybridized carbons (Fsp3) is 1.00. The van der Waals surface area contributed by atoms with E-state index in [1.165, 1.54) is 0 Å². The fourth-order valence-corrected chi connectivity index (χ4v) is 3.17. The molecule has 0 aromatic rings. The zero-order valence-corrected chi connectivity index (χ0v) is 12.2. The van der Waals surface area contributed by atoms with E-state index in [0.717, 1.165) is 12.8 Å². The molecule has 0 saturated heterocycles. The van der Waals surface area contributed by atoms with Crippen molar-refractivity contribution in [3.63, 3.8) is 0 Å². The second kappa shape index (κ2) is 4.76. The van der Waals surface area contributed by atoms with E-state index >= 15 is 0 Å². The average Bonchev–Trinajstić information content (AvgIpc) is 2.11. The van der Waals surface area contributed by atoms with E-state index in [0.29, 0.717) is 6.42 Å². The lowest BCUT2D eigenvalue weighted by Gasteiger charge is -2.42. The van der Waals surface area contributed by atoms with Crippen molar-refractivity contribution in [3.8, 4) is 0 Å². The minimum atomic E-state index is -1.83. The highest BCUT2D eigenvalue weighted by molar-refractivity contribution is 6.74. The van der Waals surface area contributed by atoms with Gasteiger partial charge in [-0.1, -0.05) is 20.8 Å². The largest absolute Gasteiger partial charge is 0.411 e. The van der Waals surface area contributed by atoms with Crippen LogP contribution in [0.15, 0.2) is 0 Å². The highest BCUT2D eigenvalue weighted by atomic mass is 28.4. The van der Waals surface area contributed by atoms with E-state index in [1.54, 1.807) is 0 Å². The van der Waals surface area contributed by atoms with Gasteiger partial charge in [0, 0.05) is 0 Å². The highest BCUT2D eigenvalue weighted by Crippen LogP contribution is 2.39. The maximum Gasteiger partial charge on any atom is 0.192 e. The third kappa shape index (κ3) is 3.06. The quantitative estimate of drug-likeness (QED) is 0.735. The van der Waals surface area contributed by atoms with Crippen LogP contribution in [0.5, 0.6) is 0 Å². The lowest BCUT2D eigenvalue weighted by atomic mass is 9.92. The zero-order valence-electron chi connectivity index (χ0n) is 11.2. The van der Waals surface area contributed by atoms with Crippen LogP contribution in [0.1, 0.15) is 40.0 Å². The minimum absolute atomic E-state index is 0.148. The molecule has 1 aliphatic rings. The Labute approximate surface area is 100.0 Å². The summed E-state index contributed by atoms with van der Waals surface area (Å²) in [7, 11) is -1.83. The standard InChI is InChI=1S/C12H26O3Si/c1-12(2,3)16(4,5)15-10-8-6-7-9(13)11(10)14/h9-11,13-14H,6-8H2,1-5H3/t9-,10-,11-/m1/s1. The molecule has 0 heterocycles. The first-order valence-electron chi connectivity index (χ1n) is 6.19. The Balaban J connectivity index is 2.66. The molecule has 0 aromatic carbocycles. The second-order valence-electron chi connectivity index (χ2n) is 6.41. The predicted molar refractivity (Wildman–Crippen MR) is 67.9 cm³/mol. The number of hydrogen-bond acceptors (Lipinski definition) is 3. The lowest BCUT2D eigenvalue weighted by molar-refractivity contribution is -0.0789. The van der Waals surface area contributed by atoms with Gasteiger partial charge in [-0.2, -0.15) is 0 Å². The van der Waals surface area contributed by atoms with Crippen molar-refractivity contribution in [3.05, 3.63) is 0 Å². The van der Waals surface area contributed by atoms with Crippen LogP contribution in [0.3, 0.4) is 0 Å². The molecule has 3 atom stereocenters. The molecule has 0 spiro atoms. The van der Waals surface area contributed by atoms with Crippen molar-refractivity contribution in [1.29, 1.82) is 0 Å². The molecule has 4 heteroatoms. The van der Waals surface area contributed by atoms with E-state index < -0.39 is 20.5 Å². The highest BCUT2D eigenvalue weighted by Gasteiger charge is 2.42. The predicted octanol–water partition coefficient (Wildman–Crippen LogP) is 2.28. The van der Waals surface area contributed by atoms with Crippen LogP contribution in [0, 0.1) is 0 Å². The van der Waals surface area contributed by atoms with E-state index in [2.05, 4.69) is 33.9 Å². The van der Waals surface area contributed by atoms with Gasteiger partial charge in [-0.25, -0.2) is 0 Å². The number of rotatable bonds is 2. The minimum Gasteiger partial charge on any atom is -0.411 e. The summed E-state index contributed by atoms with van der Waals surface area (Å²) < 4.78 is 6.15. The van der Waals surface area contributed by atoms with Crippen LogP contribution < -0.4 is 0 Å². The number of aliphatic hydroxyl groups excluding tert-OH is 2. The third-order valence-corrected chi connectivity index (χ3v) is 8.52. The summed E-state index contributed by atoms with van der Waals surface area (Å²) >= 11 is 0. The first kappa shape index (κ1) is 14.2. The summed E-state index contributed by atoms with van der Waals surface area (Å²) in [6.07, 6.45) is 1.01. The van der Waals surface area contributed by atoms with E-state index in [4.69, 9.17) is 4.43 Å². The zero-order chi connectivity index (χ0) is 12.6. The SMILES string of the molecule is CC(C)(C)[Si](C)(C)O[C@@H]1CCC[C@@H](O)[C@H]1O. The number of hydrogen-bond donors (Lipinski definition) is 2. The van der Waals surface area contributed by atoms with E-state index in [9.17, 15) is 10.2 Å². The van der Waals surface area contributed by atoms with Crippen molar-refractivity contribution in [2.45, 2.75) is 76.5 Å². The molecule has 0 radical (unpaired) electrons. The summed E-state index contributed by atoms with van der Waals surface area (Å²) in [6.45, 7) is 10.9. The summed E-state index contributed by atoms with van der Waals surface area (Å²) in [5.74, 6) is 0. The van der Waals surface area contributed by atoms with Gasteiger partial charge >= 0.3 is 0 Å². The molecule has 1 fully saturated rings. The second-order valence-corrected chi connectivity index (χ2v) is 11.2. The molecule has 0 amide bonds. The Kier molecular flexibility index (Phi) is 4.22. The van der Waals surface area contributed by atoms with Gasteiger partial charge in [0.2, 0.25) is 0 Å². The Morgan fingerprint density at radius 3 is 2.19 bits per heavy atom. The Morgan fingerprint density at radius 1 is 1.12 bits per heavy atom. The molecular weight excluding hydrogens is 220 g/mol. The first-order chi connectivity index (χ1) is 7.15. The van der Waals surface area contributed by atoms with Gasteiger partial charge in [0.15, 0.2) is 8.32 Å². The van der Waals surface area contributed by atoms with Crippen molar-refractivity contribution in [2.24, 2.45) is 0 Å². The molecule has 96 valence electrons. The van der Waals surface area contributed by atoms with E-state index in [-0.39, 0.29) is 11.1 Å². The third-order valence-electron chi connectivity index (χ3n) is 4.02. The number of aliphatic hydroxyl groups is 2. The normalized spacial score (nSPS) is 32.8. The van der Waals surface area contributed by atoms with Crippen LogP contribution in [0.2, 0.25) is 18.1 Å². The van der Waals surface area contributed by atoms with Crippen LogP contribution in [0.4, 0.5) is 0 Å². The molecule has 0 unspecified atom stereocenters. The Bertz CT molecular complexity index is 235. The summed E-state index contributed by atoms with van der Waals surface area (Å²) in [5.41, 5.74) is 0. The van der Waals surface area contributed by atoms with Crippen molar-refractivity contribution in [1.82, 2.24) is 0 Å². The molecule has 3 nitrogen and oxygen atoms in total. The first-order valence-corrected chi connectivity index (χ1v) is 9.10. The molecule has 1 aliphatic carbocycles. The van der Waals surface area contributed by atoms with Gasteiger partial charge < -0.3 is 14.6 Å². The Morgan fingerprint density at radius 2 is 1.69 bits per heavy atom. The summed E-state index contributed by atoms with van der Waals surface area (Å²) in [6, 6.07) is 0. The molecule has 0 aliphatic heterocycles. The van der Waals surface area contributed by atoms with E-state index in [1.807, 2.05) is 0 Å².